The number of carbonyl (C=O) groups is 1. The van der Waals surface area contributed by atoms with Gasteiger partial charge in [0.05, 0.1) is 24.1 Å². The standard InChI is InChI=1S/C25H30N4O3/c1-16-14-21(32-28-16)20-15-26-24(25(2,3)4)27-22(20)17-10-12-29(13-11-17)23(30)18-6-8-19(31-5)9-7-18/h6-9,14-15,17H,10-13H2,1-5H3. The second-order valence-electron chi connectivity index (χ2n) is 9.37. The molecule has 1 aliphatic rings. The highest BCUT2D eigenvalue weighted by molar-refractivity contribution is 5.94. The summed E-state index contributed by atoms with van der Waals surface area (Å²) in [5.41, 5.74) is 3.22. The molecular weight excluding hydrogens is 404 g/mol. The molecule has 0 aliphatic carbocycles. The van der Waals surface area contributed by atoms with Crippen LogP contribution in [0.3, 0.4) is 0 Å². The van der Waals surface area contributed by atoms with E-state index >= 15 is 0 Å². The van der Waals surface area contributed by atoms with E-state index in [9.17, 15) is 4.79 Å². The number of rotatable bonds is 4. The highest BCUT2D eigenvalue weighted by Gasteiger charge is 2.30. The fourth-order valence-electron chi connectivity index (χ4n) is 4.02. The van der Waals surface area contributed by atoms with Crippen LogP contribution in [-0.4, -0.2) is 46.1 Å². The first-order chi connectivity index (χ1) is 15.3. The molecule has 1 fully saturated rings. The van der Waals surface area contributed by atoms with Crippen LogP contribution in [-0.2, 0) is 5.41 Å². The minimum absolute atomic E-state index is 0.0512. The average Bonchev–Trinajstić information content (AvgIpc) is 3.24. The van der Waals surface area contributed by atoms with Gasteiger partial charge in [-0.1, -0.05) is 25.9 Å². The lowest BCUT2D eigenvalue weighted by atomic mass is 9.88. The van der Waals surface area contributed by atoms with Crippen LogP contribution in [0.2, 0.25) is 0 Å². The average molecular weight is 435 g/mol. The molecule has 1 amide bonds. The summed E-state index contributed by atoms with van der Waals surface area (Å²) >= 11 is 0. The number of methoxy groups -OCH3 is 1. The van der Waals surface area contributed by atoms with Gasteiger partial charge in [-0.3, -0.25) is 4.79 Å². The molecular formula is C25H30N4O3. The molecule has 0 saturated carbocycles. The van der Waals surface area contributed by atoms with E-state index in [0.29, 0.717) is 24.4 Å². The fourth-order valence-corrected chi connectivity index (χ4v) is 4.02. The molecule has 0 spiro atoms. The predicted octanol–water partition coefficient (Wildman–Crippen LogP) is 4.77. The molecule has 0 radical (unpaired) electrons. The number of ether oxygens (including phenoxy) is 1. The second-order valence-corrected chi connectivity index (χ2v) is 9.37. The van der Waals surface area contributed by atoms with Gasteiger partial charge in [-0.2, -0.15) is 0 Å². The molecule has 0 bridgehead atoms. The van der Waals surface area contributed by atoms with Crippen LogP contribution < -0.4 is 4.74 Å². The molecule has 3 aromatic rings. The summed E-state index contributed by atoms with van der Waals surface area (Å²) in [6, 6.07) is 9.19. The third-order valence-corrected chi connectivity index (χ3v) is 5.89. The summed E-state index contributed by atoms with van der Waals surface area (Å²) in [5, 5.41) is 4.04. The zero-order chi connectivity index (χ0) is 22.9. The first-order valence-electron chi connectivity index (χ1n) is 11.0. The van der Waals surface area contributed by atoms with Gasteiger partial charge < -0.3 is 14.2 Å². The summed E-state index contributed by atoms with van der Waals surface area (Å²) in [6.45, 7) is 9.60. The highest BCUT2D eigenvalue weighted by Crippen LogP contribution is 2.35. The lowest BCUT2D eigenvalue weighted by Gasteiger charge is -2.33. The maximum Gasteiger partial charge on any atom is 0.253 e. The van der Waals surface area contributed by atoms with Crippen LogP contribution in [0.5, 0.6) is 5.75 Å². The number of aromatic nitrogens is 3. The molecule has 4 rings (SSSR count). The largest absolute Gasteiger partial charge is 0.497 e. The van der Waals surface area contributed by atoms with Crippen molar-refractivity contribution in [3.63, 3.8) is 0 Å². The molecule has 1 saturated heterocycles. The molecule has 0 N–H and O–H groups in total. The van der Waals surface area contributed by atoms with E-state index in [0.717, 1.165) is 41.4 Å². The fraction of sp³-hybridized carbons (Fsp3) is 0.440. The van der Waals surface area contributed by atoms with Gasteiger partial charge in [0.2, 0.25) is 0 Å². The van der Waals surface area contributed by atoms with Gasteiger partial charge in [0.15, 0.2) is 5.76 Å². The Kier molecular flexibility index (Phi) is 6.00. The van der Waals surface area contributed by atoms with Gasteiger partial charge in [0, 0.05) is 42.2 Å². The molecule has 3 heterocycles. The Hall–Kier alpha value is -3.22. The van der Waals surface area contributed by atoms with Crippen molar-refractivity contribution >= 4 is 5.91 Å². The Labute approximate surface area is 188 Å². The molecule has 7 nitrogen and oxygen atoms in total. The second kappa shape index (κ2) is 8.73. The number of hydrogen-bond donors (Lipinski definition) is 0. The van der Waals surface area contributed by atoms with E-state index in [2.05, 4.69) is 30.9 Å². The number of benzene rings is 1. The predicted molar refractivity (Wildman–Crippen MR) is 122 cm³/mol. The smallest absolute Gasteiger partial charge is 0.253 e. The number of nitrogens with zero attached hydrogens (tertiary/aromatic N) is 4. The summed E-state index contributed by atoms with van der Waals surface area (Å²) < 4.78 is 10.7. The van der Waals surface area contributed by atoms with E-state index in [1.807, 2.05) is 48.4 Å². The molecule has 1 aliphatic heterocycles. The van der Waals surface area contributed by atoms with Gasteiger partial charge in [-0.05, 0) is 44.0 Å². The number of likely N-dealkylation sites (tertiary alicyclic amines) is 1. The van der Waals surface area contributed by atoms with E-state index in [-0.39, 0.29) is 17.2 Å². The first kappa shape index (κ1) is 22.0. The zero-order valence-electron chi connectivity index (χ0n) is 19.4. The Balaban J connectivity index is 1.56. The van der Waals surface area contributed by atoms with E-state index in [1.165, 1.54) is 0 Å². The SMILES string of the molecule is COc1ccc(C(=O)N2CCC(c3nc(C(C)(C)C)ncc3-c3cc(C)no3)CC2)cc1. The summed E-state index contributed by atoms with van der Waals surface area (Å²) in [7, 11) is 1.62. The van der Waals surface area contributed by atoms with Crippen LogP contribution in [0, 0.1) is 6.92 Å². The number of hydrogen-bond acceptors (Lipinski definition) is 6. The van der Waals surface area contributed by atoms with E-state index < -0.39 is 0 Å². The van der Waals surface area contributed by atoms with Crippen LogP contribution >= 0.6 is 0 Å². The normalized spacial score (nSPS) is 15.1. The Bertz CT molecular complexity index is 1090. The summed E-state index contributed by atoms with van der Waals surface area (Å²) in [5.74, 6) is 2.52. The van der Waals surface area contributed by atoms with Gasteiger partial charge in [-0.25, -0.2) is 9.97 Å². The Morgan fingerprint density at radius 1 is 1.16 bits per heavy atom. The topological polar surface area (TPSA) is 81.4 Å². The molecule has 32 heavy (non-hydrogen) atoms. The minimum Gasteiger partial charge on any atom is -0.497 e. The Morgan fingerprint density at radius 2 is 1.84 bits per heavy atom. The van der Waals surface area contributed by atoms with Crippen LogP contribution in [0.15, 0.2) is 41.1 Å². The van der Waals surface area contributed by atoms with Crippen LogP contribution in [0.4, 0.5) is 0 Å². The Morgan fingerprint density at radius 3 is 2.41 bits per heavy atom. The van der Waals surface area contributed by atoms with Gasteiger partial charge in [0.25, 0.3) is 5.91 Å². The van der Waals surface area contributed by atoms with Crippen LogP contribution in [0.1, 0.15) is 67.1 Å². The lowest BCUT2D eigenvalue weighted by Crippen LogP contribution is -2.38. The molecule has 0 unspecified atom stereocenters. The van der Waals surface area contributed by atoms with Gasteiger partial charge >= 0.3 is 0 Å². The molecule has 7 heteroatoms. The molecule has 168 valence electrons. The van der Waals surface area contributed by atoms with E-state index in [4.69, 9.17) is 14.2 Å². The van der Waals surface area contributed by atoms with E-state index in [1.54, 1.807) is 7.11 Å². The number of amides is 1. The molecule has 1 aromatic carbocycles. The van der Waals surface area contributed by atoms with Crippen molar-refractivity contribution in [2.75, 3.05) is 20.2 Å². The molecule has 0 atom stereocenters. The number of piperidine rings is 1. The highest BCUT2D eigenvalue weighted by atomic mass is 16.5. The maximum absolute atomic E-state index is 13.0. The van der Waals surface area contributed by atoms with Crippen molar-refractivity contribution in [2.45, 2.75) is 51.9 Å². The van der Waals surface area contributed by atoms with Crippen molar-refractivity contribution in [3.8, 4) is 17.1 Å². The van der Waals surface area contributed by atoms with Crippen molar-refractivity contribution in [3.05, 3.63) is 59.3 Å². The summed E-state index contributed by atoms with van der Waals surface area (Å²) in [6.07, 6.45) is 3.53. The number of carbonyl (C=O) groups excluding carboxylic acids is 1. The third-order valence-electron chi connectivity index (χ3n) is 5.89. The number of aryl methyl sites for hydroxylation is 1. The summed E-state index contributed by atoms with van der Waals surface area (Å²) in [4.78, 5) is 24.5. The van der Waals surface area contributed by atoms with Crippen molar-refractivity contribution in [2.24, 2.45) is 0 Å². The maximum atomic E-state index is 13.0. The first-order valence-corrected chi connectivity index (χ1v) is 11.0. The lowest BCUT2D eigenvalue weighted by molar-refractivity contribution is 0.0712. The van der Waals surface area contributed by atoms with Gasteiger partial charge in [-0.15, -0.1) is 0 Å². The third kappa shape index (κ3) is 4.52. The minimum atomic E-state index is -0.157. The quantitative estimate of drug-likeness (QED) is 0.589. The van der Waals surface area contributed by atoms with Crippen molar-refractivity contribution in [1.82, 2.24) is 20.0 Å². The van der Waals surface area contributed by atoms with Crippen molar-refractivity contribution in [1.29, 1.82) is 0 Å². The van der Waals surface area contributed by atoms with Crippen LogP contribution in [0.25, 0.3) is 11.3 Å². The zero-order valence-corrected chi connectivity index (χ0v) is 19.4. The molecule has 2 aromatic heterocycles. The monoisotopic (exact) mass is 434 g/mol. The van der Waals surface area contributed by atoms with Gasteiger partial charge in [0.1, 0.15) is 11.6 Å². The van der Waals surface area contributed by atoms with Crippen molar-refractivity contribution < 1.29 is 14.1 Å².